The molecule has 1 aliphatic rings. The van der Waals surface area contributed by atoms with Crippen molar-refractivity contribution in [3.63, 3.8) is 0 Å². The van der Waals surface area contributed by atoms with E-state index in [0.717, 1.165) is 6.42 Å². The Labute approximate surface area is 82.9 Å². The van der Waals surface area contributed by atoms with Gasteiger partial charge in [0.1, 0.15) is 0 Å². The minimum absolute atomic E-state index is 0.0154. The monoisotopic (exact) mass is 189 g/mol. The summed E-state index contributed by atoms with van der Waals surface area (Å²) in [5.74, 6) is 2.70. The third-order valence-electron chi connectivity index (χ3n) is 2.06. The van der Waals surface area contributed by atoms with E-state index in [4.69, 9.17) is 6.42 Å². The zero-order valence-electron chi connectivity index (χ0n) is 7.50. The minimum atomic E-state index is -0.0154. The normalized spacial score (nSPS) is 24.6. The van der Waals surface area contributed by atoms with Crippen molar-refractivity contribution in [2.75, 3.05) is 5.32 Å². The van der Waals surface area contributed by atoms with Crippen LogP contribution >= 0.6 is 11.8 Å². The number of para-hydroxylation sites is 1. The smallest absolute Gasteiger partial charge is 0.0962 e. The number of nitrogens with one attached hydrogen (secondary N) is 1. The SMILES string of the molecule is C#CCC1(C)Nc2ccccc2S1. The summed E-state index contributed by atoms with van der Waals surface area (Å²) in [6, 6.07) is 8.29. The molecule has 0 fully saturated rings. The molecule has 1 unspecified atom stereocenters. The van der Waals surface area contributed by atoms with Gasteiger partial charge in [-0.3, -0.25) is 0 Å². The topological polar surface area (TPSA) is 12.0 Å². The van der Waals surface area contributed by atoms with Gasteiger partial charge in [-0.05, 0) is 19.1 Å². The molecule has 1 heterocycles. The van der Waals surface area contributed by atoms with Crippen molar-refractivity contribution >= 4 is 17.4 Å². The highest BCUT2D eigenvalue weighted by Gasteiger charge is 2.31. The Morgan fingerprint density at radius 1 is 1.54 bits per heavy atom. The largest absolute Gasteiger partial charge is 0.369 e. The summed E-state index contributed by atoms with van der Waals surface area (Å²) in [7, 11) is 0. The van der Waals surface area contributed by atoms with Crippen molar-refractivity contribution in [1.29, 1.82) is 0 Å². The molecule has 1 atom stereocenters. The van der Waals surface area contributed by atoms with E-state index in [-0.39, 0.29) is 4.87 Å². The quantitative estimate of drug-likeness (QED) is 0.682. The van der Waals surface area contributed by atoms with Crippen LogP contribution in [-0.4, -0.2) is 4.87 Å². The van der Waals surface area contributed by atoms with Crippen LogP contribution in [0.2, 0.25) is 0 Å². The van der Waals surface area contributed by atoms with Crippen LogP contribution in [0.4, 0.5) is 5.69 Å². The Kier molecular flexibility index (Phi) is 1.97. The first-order chi connectivity index (χ1) is 6.23. The maximum atomic E-state index is 5.33. The van der Waals surface area contributed by atoms with Crippen LogP contribution in [0, 0.1) is 12.3 Å². The highest BCUT2D eigenvalue weighted by molar-refractivity contribution is 8.01. The zero-order valence-corrected chi connectivity index (χ0v) is 8.32. The van der Waals surface area contributed by atoms with Gasteiger partial charge < -0.3 is 5.32 Å². The summed E-state index contributed by atoms with van der Waals surface area (Å²) < 4.78 is 0. The molecule has 66 valence electrons. The Hall–Kier alpha value is -1.07. The molecule has 0 amide bonds. The second-order valence-corrected chi connectivity index (χ2v) is 4.88. The zero-order chi connectivity index (χ0) is 9.31. The molecule has 0 saturated carbocycles. The fourth-order valence-electron chi connectivity index (χ4n) is 1.49. The molecule has 1 nitrogen and oxygen atoms in total. The van der Waals surface area contributed by atoms with Gasteiger partial charge in [-0.1, -0.05) is 23.9 Å². The van der Waals surface area contributed by atoms with E-state index in [1.807, 2.05) is 17.8 Å². The van der Waals surface area contributed by atoms with E-state index in [2.05, 4.69) is 36.4 Å². The second-order valence-electron chi connectivity index (χ2n) is 3.33. The third kappa shape index (κ3) is 1.52. The number of hydrogen-bond acceptors (Lipinski definition) is 2. The highest BCUT2D eigenvalue weighted by atomic mass is 32.2. The van der Waals surface area contributed by atoms with Crippen LogP contribution in [0.1, 0.15) is 13.3 Å². The van der Waals surface area contributed by atoms with Gasteiger partial charge in [0.25, 0.3) is 0 Å². The molecule has 13 heavy (non-hydrogen) atoms. The lowest BCUT2D eigenvalue weighted by Gasteiger charge is -2.20. The number of fused-ring (bicyclic) bond motifs is 1. The second kappa shape index (κ2) is 3.01. The average Bonchev–Trinajstić information content (AvgIpc) is 2.40. The van der Waals surface area contributed by atoms with E-state index >= 15 is 0 Å². The maximum Gasteiger partial charge on any atom is 0.0962 e. The first kappa shape index (κ1) is 8.52. The summed E-state index contributed by atoms with van der Waals surface area (Å²) in [5.41, 5.74) is 1.20. The van der Waals surface area contributed by atoms with Crippen LogP contribution in [0.15, 0.2) is 29.2 Å². The number of hydrogen-bond donors (Lipinski definition) is 1. The Morgan fingerprint density at radius 3 is 3.00 bits per heavy atom. The molecule has 0 radical (unpaired) electrons. The summed E-state index contributed by atoms with van der Waals surface area (Å²) >= 11 is 1.81. The number of benzene rings is 1. The molecule has 0 aliphatic carbocycles. The molecule has 0 aromatic heterocycles. The van der Waals surface area contributed by atoms with E-state index in [1.165, 1.54) is 10.6 Å². The molecule has 0 spiro atoms. The lowest BCUT2D eigenvalue weighted by atomic mass is 10.2. The standard InChI is InChI=1S/C11H11NS/c1-3-8-11(2)12-9-6-4-5-7-10(9)13-11/h1,4-7,12H,8H2,2H3. The van der Waals surface area contributed by atoms with Gasteiger partial charge in [0.05, 0.1) is 4.87 Å². The van der Waals surface area contributed by atoms with Crippen LogP contribution in [0.3, 0.4) is 0 Å². The van der Waals surface area contributed by atoms with Gasteiger partial charge >= 0.3 is 0 Å². The highest BCUT2D eigenvalue weighted by Crippen LogP contribution is 2.46. The van der Waals surface area contributed by atoms with Gasteiger partial charge in [-0.15, -0.1) is 12.3 Å². The van der Waals surface area contributed by atoms with Crippen LogP contribution in [-0.2, 0) is 0 Å². The lowest BCUT2D eigenvalue weighted by molar-refractivity contribution is 0.770. The van der Waals surface area contributed by atoms with E-state index < -0.39 is 0 Å². The summed E-state index contributed by atoms with van der Waals surface area (Å²) in [6.07, 6.45) is 6.07. The predicted molar refractivity (Wildman–Crippen MR) is 57.8 cm³/mol. The Bertz CT molecular complexity index is 340. The maximum absolute atomic E-state index is 5.33. The van der Waals surface area contributed by atoms with Crippen LogP contribution in [0.25, 0.3) is 0 Å². The van der Waals surface area contributed by atoms with E-state index in [0.29, 0.717) is 0 Å². The van der Waals surface area contributed by atoms with E-state index in [9.17, 15) is 0 Å². The van der Waals surface area contributed by atoms with E-state index in [1.54, 1.807) is 0 Å². The molecular formula is C11H11NS. The van der Waals surface area contributed by atoms with Crippen molar-refractivity contribution < 1.29 is 0 Å². The summed E-state index contributed by atoms with van der Waals surface area (Å²) in [4.78, 5) is 1.28. The van der Waals surface area contributed by atoms with Gasteiger partial charge in [-0.2, -0.15) is 0 Å². The van der Waals surface area contributed by atoms with Gasteiger partial charge in [0, 0.05) is 17.0 Å². The van der Waals surface area contributed by atoms with Crippen molar-refractivity contribution in [2.24, 2.45) is 0 Å². The molecule has 2 rings (SSSR count). The number of thioether (sulfide) groups is 1. The molecule has 1 aliphatic heterocycles. The number of terminal acetylenes is 1. The molecule has 1 aromatic rings. The molecule has 1 aromatic carbocycles. The number of anilines is 1. The lowest BCUT2D eigenvalue weighted by Crippen LogP contribution is -2.25. The Balaban J connectivity index is 2.27. The number of rotatable bonds is 1. The third-order valence-corrected chi connectivity index (χ3v) is 3.33. The molecule has 0 saturated heterocycles. The van der Waals surface area contributed by atoms with Crippen molar-refractivity contribution in [1.82, 2.24) is 0 Å². The first-order valence-corrected chi connectivity index (χ1v) is 5.05. The molecule has 2 heteroatoms. The fourth-order valence-corrected chi connectivity index (χ4v) is 2.66. The van der Waals surface area contributed by atoms with Crippen LogP contribution < -0.4 is 5.32 Å². The summed E-state index contributed by atoms with van der Waals surface area (Å²) in [6.45, 7) is 2.14. The first-order valence-electron chi connectivity index (χ1n) is 4.23. The fraction of sp³-hybridized carbons (Fsp3) is 0.273. The minimum Gasteiger partial charge on any atom is -0.369 e. The van der Waals surface area contributed by atoms with Crippen molar-refractivity contribution in [2.45, 2.75) is 23.1 Å². The summed E-state index contributed by atoms with van der Waals surface area (Å²) in [5, 5.41) is 3.43. The molecular weight excluding hydrogens is 178 g/mol. The van der Waals surface area contributed by atoms with Gasteiger partial charge in [0.2, 0.25) is 0 Å². The van der Waals surface area contributed by atoms with Gasteiger partial charge in [0.15, 0.2) is 0 Å². The Morgan fingerprint density at radius 2 is 2.31 bits per heavy atom. The van der Waals surface area contributed by atoms with Gasteiger partial charge in [-0.25, -0.2) is 0 Å². The van der Waals surface area contributed by atoms with Crippen molar-refractivity contribution in [3.8, 4) is 12.3 Å². The predicted octanol–water partition coefficient (Wildman–Crippen LogP) is 2.94. The molecule has 1 N–H and O–H groups in total. The van der Waals surface area contributed by atoms with Crippen LogP contribution in [0.5, 0.6) is 0 Å². The average molecular weight is 189 g/mol. The molecule has 0 bridgehead atoms. The van der Waals surface area contributed by atoms with Crippen molar-refractivity contribution in [3.05, 3.63) is 24.3 Å².